The van der Waals surface area contributed by atoms with Gasteiger partial charge in [-0.1, -0.05) is 12.1 Å². The first-order valence-electron chi connectivity index (χ1n) is 11.6. The van der Waals surface area contributed by atoms with E-state index in [1.807, 2.05) is 70.0 Å². The van der Waals surface area contributed by atoms with Crippen molar-refractivity contribution in [1.82, 2.24) is 24.5 Å². The number of fused-ring (bicyclic) bond motifs is 3. The minimum atomic E-state index is 0.0201. The van der Waals surface area contributed by atoms with E-state index in [4.69, 9.17) is 14.1 Å². The van der Waals surface area contributed by atoms with Gasteiger partial charge in [0.2, 0.25) is 11.8 Å². The van der Waals surface area contributed by atoms with E-state index >= 15 is 0 Å². The highest BCUT2D eigenvalue weighted by Gasteiger charge is 2.25. The van der Waals surface area contributed by atoms with Crippen molar-refractivity contribution in [2.24, 2.45) is 0 Å². The van der Waals surface area contributed by atoms with Gasteiger partial charge >= 0.3 is 0 Å². The van der Waals surface area contributed by atoms with Crippen molar-refractivity contribution in [1.29, 1.82) is 0 Å². The van der Waals surface area contributed by atoms with E-state index in [2.05, 4.69) is 15.1 Å². The highest BCUT2D eigenvalue weighted by Crippen LogP contribution is 2.29. The molecule has 0 bridgehead atoms. The van der Waals surface area contributed by atoms with Crippen molar-refractivity contribution in [2.45, 2.75) is 6.42 Å². The summed E-state index contributed by atoms with van der Waals surface area (Å²) in [6.07, 6.45) is 2.44. The third kappa shape index (κ3) is 3.74. The van der Waals surface area contributed by atoms with Gasteiger partial charge in [0.15, 0.2) is 11.4 Å². The van der Waals surface area contributed by atoms with E-state index in [-0.39, 0.29) is 5.91 Å². The molecule has 0 aliphatic carbocycles. The number of hydrogen-bond acceptors (Lipinski definition) is 7. The number of hydrogen-bond donors (Lipinski definition) is 0. The number of carbonyl (C=O) groups excluding carboxylic acids is 1. The fraction of sp³-hybridized carbons (Fsp3) is 0.231. The van der Waals surface area contributed by atoms with Crippen LogP contribution in [0.1, 0.15) is 16.8 Å². The van der Waals surface area contributed by atoms with Gasteiger partial charge in [-0.25, -0.2) is 9.38 Å². The van der Waals surface area contributed by atoms with Gasteiger partial charge in [-0.15, -0.1) is 10.2 Å². The number of amides is 1. The van der Waals surface area contributed by atoms with Gasteiger partial charge in [-0.05, 0) is 55.0 Å². The van der Waals surface area contributed by atoms with Gasteiger partial charge in [0.1, 0.15) is 5.75 Å². The molecule has 9 heteroatoms. The Labute approximate surface area is 201 Å². The number of benzene rings is 2. The van der Waals surface area contributed by atoms with Crippen LogP contribution in [-0.4, -0.2) is 63.7 Å². The minimum absolute atomic E-state index is 0.0201. The average molecular weight is 469 g/mol. The molecule has 6 rings (SSSR count). The van der Waals surface area contributed by atoms with Crippen molar-refractivity contribution < 1.29 is 13.9 Å². The molecule has 1 aliphatic rings. The molecule has 0 N–H and O–H groups in total. The predicted octanol–water partition coefficient (Wildman–Crippen LogP) is 3.90. The summed E-state index contributed by atoms with van der Waals surface area (Å²) in [7, 11) is 1.62. The van der Waals surface area contributed by atoms with Crippen LogP contribution in [0.5, 0.6) is 5.75 Å². The van der Waals surface area contributed by atoms with E-state index in [1.165, 1.54) is 0 Å². The number of anilines is 1. The minimum Gasteiger partial charge on any atom is -0.497 e. The van der Waals surface area contributed by atoms with Gasteiger partial charge < -0.3 is 19.0 Å². The molecule has 1 fully saturated rings. The molecule has 0 unspecified atom stereocenters. The van der Waals surface area contributed by atoms with Crippen LogP contribution in [-0.2, 0) is 0 Å². The highest BCUT2D eigenvalue weighted by molar-refractivity contribution is 5.95. The van der Waals surface area contributed by atoms with Crippen LogP contribution in [0.15, 0.2) is 71.3 Å². The Kier molecular flexibility index (Phi) is 5.29. The number of furan rings is 1. The van der Waals surface area contributed by atoms with Gasteiger partial charge in [-0.3, -0.25) is 4.79 Å². The first-order chi connectivity index (χ1) is 17.2. The summed E-state index contributed by atoms with van der Waals surface area (Å²) in [6.45, 7) is 2.64. The molecular weight excluding hydrogens is 444 g/mol. The molecule has 0 saturated carbocycles. The molecule has 35 heavy (non-hydrogen) atoms. The lowest BCUT2D eigenvalue weighted by Gasteiger charge is -2.24. The van der Waals surface area contributed by atoms with Crippen LogP contribution < -0.4 is 9.64 Å². The Hall–Kier alpha value is -4.40. The molecule has 4 heterocycles. The molecule has 0 radical (unpaired) electrons. The molecule has 9 nitrogen and oxygen atoms in total. The normalized spacial score (nSPS) is 14.4. The summed E-state index contributed by atoms with van der Waals surface area (Å²) >= 11 is 0. The summed E-state index contributed by atoms with van der Waals surface area (Å²) in [6, 6.07) is 18.9. The second kappa shape index (κ2) is 8.75. The number of nitrogens with zero attached hydrogens (tertiary/aromatic N) is 6. The number of rotatable bonds is 4. The molecule has 3 aromatic heterocycles. The summed E-state index contributed by atoms with van der Waals surface area (Å²) in [5.74, 6) is 2.73. The first kappa shape index (κ1) is 21.2. The average Bonchev–Trinajstić information content (AvgIpc) is 3.53. The Morgan fingerprint density at radius 3 is 2.60 bits per heavy atom. The van der Waals surface area contributed by atoms with E-state index < -0.39 is 0 Å². The van der Waals surface area contributed by atoms with Crippen LogP contribution in [0.3, 0.4) is 0 Å². The smallest absolute Gasteiger partial charge is 0.253 e. The molecule has 1 amide bonds. The Bertz CT molecular complexity index is 1490. The first-order valence-corrected chi connectivity index (χ1v) is 11.6. The number of para-hydroxylation sites is 1. The quantitative estimate of drug-likeness (QED) is 0.395. The van der Waals surface area contributed by atoms with Crippen LogP contribution in [0, 0.1) is 0 Å². The second-order valence-corrected chi connectivity index (χ2v) is 8.45. The molecule has 176 valence electrons. The molecule has 0 atom stereocenters. The molecule has 1 aliphatic heterocycles. The maximum atomic E-state index is 13.2. The Morgan fingerprint density at radius 2 is 1.80 bits per heavy atom. The van der Waals surface area contributed by atoms with Crippen molar-refractivity contribution in [3.05, 3.63) is 72.5 Å². The van der Waals surface area contributed by atoms with Crippen LogP contribution in [0.25, 0.3) is 28.1 Å². The number of methoxy groups -OCH3 is 1. The van der Waals surface area contributed by atoms with Crippen LogP contribution in [0.4, 0.5) is 5.95 Å². The zero-order chi connectivity index (χ0) is 23.8. The monoisotopic (exact) mass is 468 g/mol. The maximum Gasteiger partial charge on any atom is 0.253 e. The van der Waals surface area contributed by atoms with Crippen molar-refractivity contribution in [3.8, 4) is 17.3 Å². The van der Waals surface area contributed by atoms with Crippen LogP contribution in [0.2, 0.25) is 0 Å². The van der Waals surface area contributed by atoms with Crippen molar-refractivity contribution >= 4 is 28.4 Å². The Morgan fingerprint density at radius 1 is 0.943 bits per heavy atom. The molecular formula is C26H24N6O3. The third-order valence-electron chi connectivity index (χ3n) is 6.37. The number of ether oxygens (including phenoxy) is 1. The van der Waals surface area contributed by atoms with Crippen LogP contribution >= 0.6 is 0 Å². The lowest BCUT2D eigenvalue weighted by atomic mass is 10.2. The zero-order valence-corrected chi connectivity index (χ0v) is 19.3. The van der Waals surface area contributed by atoms with Gasteiger partial charge in [0, 0.05) is 37.1 Å². The zero-order valence-electron chi connectivity index (χ0n) is 19.3. The molecule has 5 aromatic rings. The second-order valence-electron chi connectivity index (χ2n) is 8.45. The van der Waals surface area contributed by atoms with E-state index in [1.54, 1.807) is 13.4 Å². The summed E-state index contributed by atoms with van der Waals surface area (Å²) < 4.78 is 12.8. The SMILES string of the molecule is COc1ccc(C(=O)N2CCCN(c3nc4ccccc4c4nnc(-c5ccco5)n34)CC2)cc1. The molecule has 1 saturated heterocycles. The van der Waals surface area contributed by atoms with Gasteiger partial charge in [-0.2, -0.15) is 0 Å². The fourth-order valence-electron chi connectivity index (χ4n) is 4.58. The van der Waals surface area contributed by atoms with Crippen molar-refractivity contribution in [2.75, 3.05) is 38.2 Å². The number of aromatic nitrogens is 4. The predicted molar refractivity (Wildman–Crippen MR) is 132 cm³/mol. The van der Waals surface area contributed by atoms with E-state index in [9.17, 15) is 4.79 Å². The maximum absolute atomic E-state index is 13.2. The summed E-state index contributed by atoms with van der Waals surface area (Å²) in [5.41, 5.74) is 2.24. The number of carbonyl (C=O) groups is 1. The largest absolute Gasteiger partial charge is 0.497 e. The topological polar surface area (TPSA) is 89.0 Å². The molecule has 2 aromatic carbocycles. The lowest BCUT2D eigenvalue weighted by Crippen LogP contribution is -2.36. The van der Waals surface area contributed by atoms with Crippen molar-refractivity contribution in [3.63, 3.8) is 0 Å². The summed E-state index contributed by atoms with van der Waals surface area (Å²) in [5, 5.41) is 9.86. The fourth-order valence-corrected chi connectivity index (χ4v) is 4.58. The molecule has 0 spiro atoms. The Balaban J connectivity index is 1.35. The van der Waals surface area contributed by atoms with E-state index in [0.717, 1.165) is 41.2 Å². The highest BCUT2D eigenvalue weighted by atomic mass is 16.5. The van der Waals surface area contributed by atoms with E-state index in [0.29, 0.717) is 36.8 Å². The van der Waals surface area contributed by atoms with Gasteiger partial charge in [0.05, 0.1) is 18.9 Å². The summed E-state index contributed by atoms with van der Waals surface area (Å²) in [4.78, 5) is 22.3. The van der Waals surface area contributed by atoms with Gasteiger partial charge in [0.25, 0.3) is 5.91 Å². The standard InChI is InChI=1S/C26H24N6O3/c1-34-19-11-9-18(10-12-19)25(33)30-13-5-14-31(16-15-30)26-27-21-7-3-2-6-20(21)23-28-29-24(32(23)26)22-8-4-17-35-22/h2-4,6-12,17H,5,13-16H2,1H3. The third-order valence-corrected chi connectivity index (χ3v) is 6.37. The lowest BCUT2D eigenvalue weighted by molar-refractivity contribution is 0.0767.